The van der Waals surface area contributed by atoms with Crippen molar-refractivity contribution >= 4 is 23.8 Å². The van der Waals surface area contributed by atoms with E-state index in [2.05, 4.69) is 28.1 Å². The summed E-state index contributed by atoms with van der Waals surface area (Å²) in [6, 6.07) is 10.8. The maximum Gasteiger partial charge on any atom is 0.261 e. The SMILES string of the molecule is Cc1cc(C#N)ccc1C1C=NN(c2ccc(C(=O)N3CCN(C)C[C@H]3C)cn2)C1=O. The third-order valence-corrected chi connectivity index (χ3v) is 5.84. The Hall–Kier alpha value is -3.57. The third-order valence-electron chi connectivity index (χ3n) is 5.84. The van der Waals surface area contributed by atoms with E-state index >= 15 is 0 Å². The van der Waals surface area contributed by atoms with Gasteiger partial charge in [-0.1, -0.05) is 6.07 Å². The number of likely N-dealkylation sites (N-methyl/N-ethyl adjacent to an activating group) is 1. The van der Waals surface area contributed by atoms with Gasteiger partial charge in [-0.15, -0.1) is 0 Å². The van der Waals surface area contributed by atoms with Crippen molar-refractivity contribution in [2.75, 3.05) is 31.7 Å². The molecule has 158 valence electrons. The number of piperazine rings is 1. The van der Waals surface area contributed by atoms with Gasteiger partial charge >= 0.3 is 0 Å². The zero-order chi connectivity index (χ0) is 22.1. The summed E-state index contributed by atoms with van der Waals surface area (Å²) in [6.45, 7) is 6.27. The van der Waals surface area contributed by atoms with Crippen LogP contribution >= 0.6 is 0 Å². The van der Waals surface area contributed by atoms with Gasteiger partial charge in [-0.2, -0.15) is 15.4 Å². The lowest BCUT2D eigenvalue weighted by Crippen LogP contribution is -2.52. The van der Waals surface area contributed by atoms with Crippen molar-refractivity contribution in [3.05, 3.63) is 58.8 Å². The molecule has 8 heteroatoms. The molecule has 1 unspecified atom stereocenters. The summed E-state index contributed by atoms with van der Waals surface area (Å²) in [5, 5.41) is 14.5. The first-order valence-electron chi connectivity index (χ1n) is 10.2. The van der Waals surface area contributed by atoms with E-state index in [-0.39, 0.29) is 17.9 Å². The molecule has 1 fully saturated rings. The summed E-state index contributed by atoms with van der Waals surface area (Å²) in [7, 11) is 2.05. The fourth-order valence-corrected chi connectivity index (χ4v) is 4.11. The van der Waals surface area contributed by atoms with E-state index in [4.69, 9.17) is 5.26 Å². The molecule has 2 amide bonds. The van der Waals surface area contributed by atoms with Crippen molar-refractivity contribution in [3.63, 3.8) is 0 Å². The molecule has 0 aliphatic carbocycles. The summed E-state index contributed by atoms with van der Waals surface area (Å²) in [5.74, 6) is -0.422. The van der Waals surface area contributed by atoms with Crippen LogP contribution in [0.2, 0.25) is 0 Å². The van der Waals surface area contributed by atoms with Crippen LogP contribution in [0.4, 0.5) is 5.82 Å². The van der Waals surface area contributed by atoms with Gasteiger partial charge in [-0.3, -0.25) is 9.59 Å². The molecule has 1 aromatic heterocycles. The van der Waals surface area contributed by atoms with Gasteiger partial charge in [0.05, 0.1) is 17.2 Å². The van der Waals surface area contributed by atoms with Gasteiger partial charge in [0.2, 0.25) is 0 Å². The molecule has 2 aliphatic rings. The number of rotatable bonds is 3. The highest BCUT2D eigenvalue weighted by Gasteiger charge is 2.33. The highest BCUT2D eigenvalue weighted by atomic mass is 16.2. The standard InChI is InChI=1S/C23H24N6O2/c1-15-10-17(11-24)4-6-19(15)20-13-26-29(23(20)31)21-7-5-18(12-25-21)22(30)28-9-8-27(3)14-16(28)2/h4-7,10,12-13,16,20H,8-9,14H2,1-3H3/t16-,20?/m1/s1. The van der Waals surface area contributed by atoms with Crippen LogP contribution in [-0.2, 0) is 4.79 Å². The maximum atomic E-state index is 13.0. The Morgan fingerprint density at radius 2 is 2.03 bits per heavy atom. The maximum absolute atomic E-state index is 13.0. The summed E-state index contributed by atoms with van der Waals surface area (Å²) in [6.07, 6.45) is 3.09. The Morgan fingerprint density at radius 3 is 2.68 bits per heavy atom. The molecule has 0 bridgehead atoms. The minimum atomic E-state index is -0.526. The molecule has 2 atom stereocenters. The number of amides is 2. The molecule has 1 saturated heterocycles. The van der Waals surface area contributed by atoms with E-state index < -0.39 is 5.92 Å². The Morgan fingerprint density at radius 1 is 1.23 bits per heavy atom. The van der Waals surface area contributed by atoms with Crippen molar-refractivity contribution in [2.24, 2.45) is 5.10 Å². The normalized spacial score (nSPS) is 21.4. The molecule has 0 saturated carbocycles. The summed E-state index contributed by atoms with van der Waals surface area (Å²) < 4.78 is 0. The third kappa shape index (κ3) is 3.92. The number of carbonyl (C=O) groups is 2. The molecule has 2 aliphatic heterocycles. The summed E-state index contributed by atoms with van der Waals surface area (Å²) in [4.78, 5) is 34.2. The van der Waals surface area contributed by atoms with Gasteiger partial charge < -0.3 is 9.80 Å². The molecule has 4 rings (SSSR count). The average Bonchev–Trinajstić information content (AvgIpc) is 3.14. The Kier molecular flexibility index (Phi) is 5.53. The van der Waals surface area contributed by atoms with Crippen LogP contribution < -0.4 is 5.01 Å². The van der Waals surface area contributed by atoms with Crippen molar-refractivity contribution < 1.29 is 9.59 Å². The predicted octanol–water partition coefficient (Wildman–Crippen LogP) is 2.15. The summed E-state index contributed by atoms with van der Waals surface area (Å²) in [5.41, 5.74) is 2.72. The number of hydrogen-bond acceptors (Lipinski definition) is 6. The van der Waals surface area contributed by atoms with Crippen LogP contribution in [0, 0.1) is 18.3 Å². The van der Waals surface area contributed by atoms with E-state index in [0.29, 0.717) is 23.5 Å². The van der Waals surface area contributed by atoms with Crippen molar-refractivity contribution in [3.8, 4) is 6.07 Å². The van der Waals surface area contributed by atoms with Gasteiger partial charge in [0.1, 0.15) is 5.92 Å². The molecule has 31 heavy (non-hydrogen) atoms. The van der Waals surface area contributed by atoms with Crippen molar-refractivity contribution in [1.82, 2.24) is 14.8 Å². The van der Waals surface area contributed by atoms with Crippen LogP contribution in [0.3, 0.4) is 0 Å². The zero-order valence-electron chi connectivity index (χ0n) is 17.8. The molecule has 2 aromatic rings. The molecule has 0 radical (unpaired) electrons. The number of hydrogen-bond donors (Lipinski definition) is 0. The predicted molar refractivity (Wildman–Crippen MR) is 117 cm³/mol. The number of anilines is 1. The van der Waals surface area contributed by atoms with E-state index in [9.17, 15) is 9.59 Å². The first-order valence-corrected chi connectivity index (χ1v) is 10.2. The number of pyridine rings is 1. The highest BCUT2D eigenvalue weighted by molar-refractivity contribution is 6.12. The quantitative estimate of drug-likeness (QED) is 0.764. The van der Waals surface area contributed by atoms with Gasteiger partial charge in [-0.05, 0) is 56.3 Å². The van der Waals surface area contributed by atoms with Crippen LogP contribution in [0.15, 0.2) is 41.6 Å². The lowest BCUT2D eigenvalue weighted by molar-refractivity contribution is -0.118. The van der Waals surface area contributed by atoms with E-state index in [0.717, 1.165) is 24.2 Å². The molecule has 8 nitrogen and oxygen atoms in total. The van der Waals surface area contributed by atoms with Gasteiger partial charge in [0.15, 0.2) is 5.82 Å². The fraction of sp³-hybridized carbons (Fsp3) is 0.348. The van der Waals surface area contributed by atoms with E-state index in [1.165, 1.54) is 11.2 Å². The lowest BCUT2D eigenvalue weighted by atomic mass is 9.94. The molecule has 0 spiro atoms. The monoisotopic (exact) mass is 416 g/mol. The number of nitriles is 1. The minimum Gasteiger partial charge on any atom is -0.333 e. The number of benzene rings is 1. The second-order valence-electron chi connectivity index (χ2n) is 8.09. The van der Waals surface area contributed by atoms with Crippen LogP contribution in [0.1, 0.15) is 39.9 Å². The summed E-state index contributed by atoms with van der Waals surface area (Å²) >= 11 is 0. The number of nitrogens with zero attached hydrogens (tertiary/aromatic N) is 6. The average molecular weight is 416 g/mol. The van der Waals surface area contributed by atoms with Gasteiger partial charge in [0, 0.05) is 38.1 Å². The van der Waals surface area contributed by atoms with Crippen LogP contribution in [-0.4, -0.2) is 65.5 Å². The smallest absolute Gasteiger partial charge is 0.261 e. The second-order valence-corrected chi connectivity index (χ2v) is 8.09. The molecule has 3 heterocycles. The van der Waals surface area contributed by atoms with Crippen LogP contribution in [0.25, 0.3) is 0 Å². The number of carbonyl (C=O) groups excluding carboxylic acids is 2. The first-order chi connectivity index (χ1) is 14.9. The number of hydrazone groups is 1. The Balaban J connectivity index is 1.49. The lowest BCUT2D eigenvalue weighted by Gasteiger charge is -2.38. The van der Waals surface area contributed by atoms with Crippen LogP contribution in [0.5, 0.6) is 0 Å². The topological polar surface area (TPSA) is 92.9 Å². The molecule has 0 N–H and O–H groups in total. The Labute approximate surface area is 181 Å². The molecular weight excluding hydrogens is 392 g/mol. The van der Waals surface area contributed by atoms with Crippen molar-refractivity contribution in [2.45, 2.75) is 25.8 Å². The fourth-order valence-electron chi connectivity index (χ4n) is 4.11. The Bertz CT molecular complexity index is 1090. The number of aryl methyl sites for hydroxylation is 1. The number of aromatic nitrogens is 1. The van der Waals surface area contributed by atoms with Gasteiger partial charge in [0.25, 0.3) is 11.8 Å². The van der Waals surface area contributed by atoms with E-state index in [1.54, 1.807) is 36.5 Å². The first kappa shape index (κ1) is 20.7. The highest BCUT2D eigenvalue weighted by Crippen LogP contribution is 2.28. The van der Waals surface area contributed by atoms with Gasteiger partial charge in [-0.25, -0.2) is 4.98 Å². The molecular formula is C23H24N6O2. The van der Waals surface area contributed by atoms with E-state index in [1.807, 2.05) is 18.7 Å². The second kappa shape index (κ2) is 8.28. The zero-order valence-corrected chi connectivity index (χ0v) is 17.8. The van der Waals surface area contributed by atoms with Crippen molar-refractivity contribution in [1.29, 1.82) is 5.26 Å². The largest absolute Gasteiger partial charge is 0.333 e. The minimum absolute atomic E-state index is 0.0537. The molecule has 1 aromatic carbocycles.